The van der Waals surface area contributed by atoms with E-state index >= 15 is 0 Å². The Morgan fingerprint density at radius 2 is 1.91 bits per heavy atom. The topological polar surface area (TPSA) is 48.5 Å². The van der Waals surface area contributed by atoms with Gasteiger partial charge in [0.1, 0.15) is 5.82 Å². The molecule has 1 aliphatic heterocycles. The quantitative estimate of drug-likeness (QED) is 0.459. The molecule has 5 heteroatoms. The molecule has 0 unspecified atom stereocenters. The zero-order valence-electron chi connectivity index (χ0n) is 19.1. The summed E-state index contributed by atoms with van der Waals surface area (Å²) in [6.45, 7) is 10.8. The van der Waals surface area contributed by atoms with Gasteiger partial charge in [-0.3, -0.25) is 9.69 Å². The highest BCUT2D eigenvalue weighted by atomic mass is 16.1. The van der Waals surface area contributed by atoms with Crippen LogP contribution in [0.3, 0.4) is 0 Å². The monoisotopic (exact) mass is 438 g/mol. The van der Waals surface area contributed by atoms with Crippen molar-refractivity contribution < 1.29 is 4.79 Å². The highest BCUT2D eigenvalue weighted by molar-refractivity contribution is 6.04. The Labute approximate surface area is 195 Å². The number of carbonyl (C=O) groups excluding carboxylic acids is 1. The van der Waals surface area contributed by atoms with E-state index in [1.807, 2.05) is 54.4 Å². The molecule has 1 aliphatic rings. The molecule has 1 fully saturated rings. The summed E-state index contributed by atoms with van der Waals surface area (Å²) in [7, 11) is 1.95. The van der Waals surface area contributed by atoms with Gasteiger partial charge in [-0.25, -0.2) is 4.98 Å². The van der Waals surface area contributed by atoms with Crippen molar-refractivity contribution in [3.8, 4) is 0 Å². The molecule has 4 rings (SSSR count). The molecule has 1 amide bonds. The van der Waals surface area contributed by atoms with Gasteiger partial charge in [0.2, 0.25) is 0 Å². The van der Waals surface area contributed by atoms with Gasteiger partial charge in [0, 0.05) is 36.4 Å². The van der Waals surface area contributed by atoms with Gasteiger partial charge in [-0.2, -0.15) is 0 Å². The fraction of sp³-hybridized carbons (Fsp3) is 0.214. The van der Waals surface area contributed by atoms with E-state index < -0.39 is 0 Å². The van der Waals surface area contributed by atoms with E-state index in [2.05, 4.69) is 40.5 Å². The Balaban J connectivity index is 1.55. The van der Waals surface area contributed by atoms with Crippen LogP contribution in [0.1, 0.15) is 34.3 Å². The number of hydrogen-bond acceptors (Lipinski definition) is 4. The molecule has 0 aliphatic carbocycles. The molecule has 2 aromatic carbocycles. The molecule has 5 nitrogen and oxygen atoms in total. The van der Waals surface area contributed by atoms with Crippen LogP contribution in [0.4, 0.5) is 5.82 Å². The first kappa shape index (κ1) is 22.5. The second-order valence-electron chi connectivity index (χ2n) is 8.35. The lowest BCUT2D eigenvalue weighted by molar-refractivity contribution is 0.102. The smallest absolute Gasteiger partial charge is 0.256 e. The van der Waals surface area contributed by atoms with Gasteiger partial charge < -0.3 is 10.2 Å². The average molecular weight is 439 g/mol. The van der Waals surface area contributed by atoms with Crippen LogP contribution in [-0.2, 0) is 6.54 Å². The summed E-state index contributed by atoms with van der Waals surface area (Å²) in [5.74, 6) is 0.376. The molecule has 0 bridgehead atoms. The third-order valence-electron chi connectivity index (χ3n) is 5.98. The van der Waals surface area contributed by atoms with Crippen molar-refractivity contribution in [2.24, 2.45) is 0 Å². The van der Waals surface area contributed by atoms with Gasteiger partial charge in [-0.1, -0.05) is 43.5 Å². The van der Waals surface area contributed by atoms with Crippen molar-refractivity contribution in [2.45, 2.75) is 19.4 Å². The lowest BCUT2D eigenvalue weighted by Gasteiger charge is -2.18. The van der Waals surface area contributed by atoms with Crippen LogP contribution in [0.2, 0.25) is 0 Å². The molecule has 1 aromatic heterocycles. The summed E-state index contributed by atoms with van der Waals surface area (Å²) < 4.78 is 0. The minimum Gasteiger partial charge on any atom is -0.351 e. The van der Waals surface area contributed by atoms with E-state index in [-0.39, 0.29) is 5.91 Å². The van der Waals surface area contributed by atoms with Gasteiger partial charge >= 0.3 is 0 Å². The number of allylic oxidation sites excluding steroid dienone is 2. The van der Waals surface area contributed by atoms with Gasteiger partial charge in [-0.05, 0) is 79.0 Å². The van der Waals surface area contributed by atoms with Crippen molar-refractivity contribution in [1.29, 1.82) is 0 Å². The maximum atomic E-state index is 12.9. The van der Waals surface area contributed by atoms with Crippen molar-refractivity contribution in [3.05, 3.63) is 103 Å². The fourth-order valence-electron chi connectivity index (χ4n) is 4.19. The molecule has 0 spiro atoms. The highest BCUT2D eigenvalue weighted by Gasteiger charge is 2.14. The van der Waals surface area contributed by atoms with E-state index in [4.69, 9.17) is 0 Å². The number of nitrogens with one attached hydrogen (secondary N) is 1. The second-order valence-corrected chi connectivity index (χ2v) is 8.35. The lowest BCUT2D eigenvalue weighted by Crippen LogP contribution is -2.19. The van der Waals surface area contributed by atoms with Crippen molar-refractivity contribution >= 4 is 28.2 Å². The van der Waals surface area contributed by atoms with Crippen molar-refractivity contribution in [3.63, 3.8) is 0 Å². The molecular formula is C28H30N4O. The Bertz CT molecular complexity index is 1210. The first-order valence-corrected chi connectivity index (χ1v) is 11.3. The van der Waals surface area contributed by atoms with Gasteiger partial charge in [0.15, 0.2) is 0 Å². The summed E-state index contributed by atoms with van der Waals surface area (Å²) >= 11 is 0. The Hall–Kier alpha value is -3.70. The number of likely N-dealkylation sites (tertiary alicyclic amines) is 1. The minimum absolute atomic E-state index is 0.153. The minimum atomic E-state index is -0.153. The van der Waals surface area contributed by atoms with E-state index in [0.29, 0.717) is 11.4 Å². The second kappa shape index (κ2) is 10.3. The molecule has 0 atom stereocenters. The number of amides is 1. The molecule has 33 heavy (non-hydrogen) atoms. The van der Waals surface area contributed by atoms with E-state index in [0.717, 1.165) is 47.2 Å². The molecule has 1 saturated heterocycles. The summed E-state index contributed by atoms with van der Waals surface area (Å²) in [6.07, 6.45) is 9.76. The zero-order valence-corrected chi connectivity index (χ0v) is 19.1. The number of aromatic nitrogens is 1. The average Bonchev–Trinajstić information content (AvgIpc) is 3.35. The van der Waals surface area contributed by atoms with E-state index in [9.17, 15) is 4.79 Å². The molecule has 3 aromatic rings. The van der Waals surface area contributed by atoms with Crippen LogP contribution in [0.15, 0.2) is 86.2 Å². The van der Waals surface area contributed by atoms with Crippen molar-refractivity contribution in [2.75, 3.05) is 25.5 Å². The van der Waals surface area contributed by atoms with Crippen LogP contribution >= 0.6 is 0 Å². The predicted molar refractivity (Wildman–Crippen MR) is 137 cm³/mol. The molecule has 168 valence electrons. The first-order valence-electron chi connectivity index (χ1n) is 11.3. The summed E-state index contributed by atoms with van der Waals surface area (Å²) in [5.41, 5.74) is 3.82. The number of hydrogen-bond donors (Lipinski definition) is 1. The third-order valence-corrected chi connectivity index (χ3v) is 5.98. The number of fused-ring (bicyclic) bond motifs is 1. The fourth-order valence-corrected chi connectivity index (χ4v) is 4.19. The van der Waals surface area contributed by atoms with Gasteiger partial charge in [0.25, 0.3) is 5.91 Å². The molecular weight excluding hydrogens is 408 g/mol. The number of benzene rings is 2. The first-order chi connectivity index (χ1) is 16.1. The molecule has 0 saturated carbocycles. The summed E-state index contributed by atoms with van der Waals surface area (Å²) in [4.78, 5) is 21.7. The molecule has 0 radical (unpaired) electrons. The molecule has 2 heterocycles. The Morgan fingerprint density at radius 1 is 1.09 bits per heavy atom. The Morgan fingerprint density at radius 3 is 2.67 bits per heavy atom. The highest BCUT2D eigenvalue weighted by Crippen LogP contribution is 2.25. The van der Waals surface area contributed by atoms with Crippen LogP contribution in [0.25, 0.3) is 16.5 Å². The normalized spacial score (nSPS) is 14.3. The third kappa shape index (κ3) is 5.38. The maximum absolute atomic E-state index is 12.9. The maximum Gasteiger partial charge on any atom is 0.256 e. The standard InChI is InChI=1S/C28H30N4O/c1-4-9-26(31(3)5-2)22-12-13-24-19-29-27(18-25(24)17-22)30-28(33)23-11-8-10-21(16-23)20-32-14-6-7-15-32/h4-5,8-13,16-19H,1-2,6-7,14-15,20H2,3H3,(H,29,30,33)/b26-9-. The molecule has 1 N–H and O–H groups in total. The largest absolute Gasteiger partial charge is 0.351 e. The van der Waals surface area contributed by atoms with Crippen molar-refractivity contribution in [1.82, 2.24) is 14.8 Å². The number of carbonyl (C=O) groups is 1. The van der Waals surface area contributed by atoms with Crippen LogP contribution in [0.5, 0.6) is 0 Å². The zero-order chi connectivity index (χ0) is 23.2. The number of rotatable bonds is 8. The SMILES string of the molecule is C=C/C=C(/c1ccc2cnc(NC(=O)c3cccc(CN4CCCC4)c3)cc2c1)N(C)C=C. The Kier molecular flexibility index (Phi) is 7.01. The number of pyridine rings is 1. The predicted octanol–water partition coefficient (Wildman–Crippen LogP) is 5.69. The summed E-state index contributed by atoms with van der Waals surface area (Å²) in [5, 5.41) is 4.95. The summed E-state index contributed by atoms with van der Waals surface area (Å²) in [6, 6.07) is 15.9. The van der Waals surface area contributed by atoms with Crippen LogP contribution in [0, 0.1) is 0 Å². The van der Waals surface area contributed by atoms with Gasteiger partial charge in [-0.15, -0.1) is 0 Å². The van der Waals surface area contributed by atoms with Crippen LogP contribution < -0.4 is 5.32 Å². The van der Waals surface area contributed by atoms with E-state index in [1.54, 1.807) is 18.5 Å². The van der Waals surface area contributed by atoms with E-state index in [1.165, 1.54) is 12.8 Å². The number of anilines is 1. The van der Waals surface area contributed by atoms with Crippen LogP contribution in [-0.4, -0.2) is 40.8 Å². The number of nitrogens with zero attached hydrogens (tertiary/aromatic N) is 3. The lowest BCUT2D eigenvalue weighted by atomic mass is 10.1. The van der Waals surface area contributed by atoms with Gasteiger partial charge in [0.05, 0.1) is 0 Å².